The summed E-state index contributed by atoms with van der Waals surface area (Å²) in [7, 11) is 0. The van der Waals surface area contributed by atoms with E-state index in [1.165, 1.54) is 0 Å². The Kier molecular flexibility index (Phi) is 5.08. The van der Waals surface area contributed by atoms with Crippen molar-refractivity contribution in [2.24, 2.45) is 11.7 Å². The van der Waals surface area contributed by atoms with Gasteiger partial charge in [0.1, 0.15) is 0 Å². The first-order valence-corrected chi connectivity index (χ1v) is 7.33. The number of halogens is 2. The van der Waals surface area contributed by atoms with E-state index in [9.17, 15) is 14.7 Å². The molecule has 0 bridgehead atoms. The number of amides is 2. The molecule has 7 heteroatoms. The van der Waals surface area contributed by atoms with Gasteiger partial charge in [0.2, 0.25) is 11.8 Å². The number of primary amides is 1. The normalized spacial score (nSPS) is 19.6. The van der Waals surface area contributed by atoms with Crippen LogP contribution in [0.15, 0.2) is 18.2 Å². The van der Waals surface area contributed by atoms with E-state index in [-0.39, 0.29) is 18.2 Å². The molecule has 0 spiro atoms. The fourth-order valence-electron chi connectivity index (χ4n) is 2.40. The SMILES string of the molecule is NC(=O)C1CCN(C(=O)CC(O)c2cc(Cl)cc(Cl)c2)C1. The maximum atomic E-state index is 12.1. The maximum Gasteiger partial charge on any atom is 0.225 e. The highest BCUT2D eigenvalue weighted by molar-refractivity contribution is 6.34. The molecule has 0 saturated carbocycles. The van der Waals surface area contributed by atoms with Crippen molar-refractivity contribution >= 4 is 35.0 Å². The van der Waals surface area contributed by atoms with E-state index in [0.29, 0.717) is 35.1 Å². The number of carbonyl (C=O) groups is 2. The first-order chi connectivity index (χ1) is 9.86. The number of aliphatic hydroxyl groups is 1. The van der Waals surface area contributed by atoms with Gasteiger partial charge in [-0.05, 0) is 30.2 Å². The van der Waals surface area contributed by atoms with Gasteiger partial charge in [0.15, 0.2) is 0 Å². The average molecular weight is 331 g/mol. The van der Waals surface area contributed by atoms with Crippen molar-refractivity contribution < 1.29 is 14.7 Å². The van der Waals surface area contributed by atoms with Gasteiger partial charge in [0, 0.05) is 23.1 Å². The van der Waals surface area contributed by atoms with Crippen molar-refractivity contribution in [2.45, 2.75) is 18.9 Å². The molecule has 0 aromatic heterocycles. The van der Waals surface area contributed by atoms with E-state index in [1.54, 1.807) is 23.1 Å². The zero-order chi connectivity index (χ0) is 15.6. The number of nitrogens with zero attached hydrogens (tertiary/aromatic N) is 1. The highest BCUT2D eigenvalue weighted by atomic mass is 35.5. The summed E-state index contributed by atoms with van der Waals surface area (Å²) >= 11 is 11.7. The predicted octanol–water partition coefficient (Wildman–Crippen LogP) is 1.75. The molecule has 1 aliphatic heterocycles. The fourth-order valence-corrected chi connectivity index (χ4v) is 2.94. The molecule has 1 aliphatic rings. The van der Waals surface area contributed by atoms with Crippen LogP contribution in [0.1, 0.15) is 24.5 Å². The van der Waals surface area contributed by atoms with Gasteiger partial charge in [0.25, 0.3) is 0 Å². The number of benzene rings is 1. The fraction of sp³-hybridized carbons (Fsp3) is 0.429. The highest BCUT2D eigenvalue weighted by Gasteiger charge is 2.30. The minimum atomic E-state index is -0.985. The largest absolute Gasteiger partial charge is 0.388 e. The summed E-state index contributed by atoms with van der Waals surface area (Å²) in [5, 5.41) is 10.9. The van der Waals surface area contributed by atoms with E-state index in [1.807, 2.05) is 0 Å². The molecular formula is C14H16Cl2N2O3. The Labute approximate surface area is 132 Å². The lowest BCUT2D eigenvalue weighted by Crippen LogP contribution is -2.32. The monoisotopic (exact) mass is 330 g/mol. The first-order valence-electron chi connectivity index (χ1n) is 6.58. The summed E-state index contributed by atoms with van der Waals surface area (Å²) in [5.74, 6) is -0.915. The van der Waals surface area contributed by atoms with Crippen LogP contribution in [0.4, 0.5) is 0 Å². The lowest BCUT2D eigenvalue weighted by molar-refractivity contribution is -0.132. The van der Waals surface area contributed by atoms with Crippen LogP contribution in [0.25, 0.3) is 0 Å². The Balaban J connectivity index is 1.98. The standard InChI is InChI=1S/C14H16Cl2N2O3/c15-10-3-9(4-11(16)5-10)12(19)6-13(20)18-2-1-8(7-18)14(17)21/h3-5,8,12,19H,1-2,6-7H2,(H2,17,21). The Bertz CT molecular complexity index is 545. The van der Waals surface area contributed by atoms with Crippen molar-refractivity contribution in [3.8, 4) is 0 Å². The number of likely N-dealkylation sites (tertiary alicyclic amines) is 1. The van der Waals surface area contributed by atoms with E-state index in [0.717, 1.165) is 0 Å². The van der Waals surface area contributed by atoms with Crippen molar-refractivity contribution in [1.29, 1.82) is 0 Å². The number of aliphatic hydroxyl groups excluding tert-OH is 1. The lowest BCUT2D eigenvalue weighted by atomic mass is 10.1. The maximum absolute atomic E-state index is 12.1. The van der Waals surface area contributed by atoms with Crippen LogP contribution in [-0.2, 0) is 9.59 Å². The van der Waals surface area contributed by atoms with Crippen LogP contribution >= 0.6 is 23.2 Å². The van der Waals surface area contributed by atoms with Crippen LogP contribution in [0, 0.1) is 5.92 Å². The summed E-state index contributed by atoms with van der Waals surface area (Å²) in [5.41, 5.74) is 5.72. The molecule has 1 saturated heterocycles. The summed E-state index contributed by atoms with van der Waals surface area (Å²) in [4.78, 5) is 24.8. The van der Waals surface area contributed by atoms with Gasteiger partial charge in [-0.3, -0.25) is 9.59 Å². The molecule has 1 aromatic carbocycles. The topological polar surface area (TPSA) is 83.6 Å². The van der Waals surface area contributed by atoms with Crippen LogP contribution in [0.3, 0.4) is 0 Å². The van der Waals surface area contributed by atoms with Crippen molar-refractivity contribution in [3.05, 3.63) is 33.8 Å². The number of hydrogen-bond acceptors (Lipinski definition) is 3. The summed E-state index contributed by atoms with van der Waals surface area (Å²) in [6, 6.07) is 4.70. The lowest BCUT2D eigenvalue weighted by Gasteiger charge is -2.18. The molecule has 0 radical (unpaired) electrons. The van der Waals surface area contributed by atoms with Gasteiger partial charge in [-0.2, -0.15) is 0 Å². The predicted molar refractivity (Wildman–Crippen MR) is 79.9 cm³/mol. The molecule has 114 valence electrons. The zero-order valence-corrected chi connectivity index (χ0v) is 12.8. The van der Waals surface area contributed by atoms with E-state index >= 15 is 0 Å². The molecule has 21 heavy (non-hydrogen) atoms. The van der Waals surface area contributed by atoms with E-state index < -0.39 is 12.0 Å². The second-order valence-electron chi connectivity index (χ2n) is 5.15. The summed E-state index contributed by atoms with van der Waals surface area (Å²) in [6.07, 6.45) is -0.496. The Morgan fingerprint density at radius 1 is 1.33 bits per heavy atom. The second kappa shape index (κ2) is 6.64. The van der Waals surface area contributed by atoms with Gasteiger partial charge in [-0.15, -0.1) is 0 Å². The molecule has 3 N–H and O–H groups in total. The van der Waals surface area contributed by atoms with Crippen molar-refractivity contribution in [3.63, 3.8) is 0 Å². The number of rotatable bonds is 4. The second-order valence-corrected chi connectivity index (χ2v) is 6.02. The van der Waals surface area contributed by atoms with Gasteiger partial charge in [-0.1, -0.05) is 23.2 Å². The Morgan fingerprint density at radius 3 is 2.48 bits per heavy atom. The molecule has 5 nitrogen and oxygen atoms in total. The summed E-state index contributed by atoms with van der Waals surface area (Å²) < 4.78 is 0. The third kappa shape index (κ3) is 4.09. The molecule has 1 aromatic rings. The molecule has 0 aliphatic carbocycles. The molecule has 2 rings (SSSR count). The summed E-state index contributed by atoms with van der Waals surface area (Å²) in [6.45, 7) is 0.798. The van der Waals surface area contributed by atoms with Gasteiger partial charge >= 0.3 is 0 Å². The average Bonchev–Trinajstić information content (AvgIpc) is 2.87. The third-order valence-corrected chi connectivity index (χ3v) is 4.02. The third-order valence-electron chi connectivity index (χ3n) is 3.58. The molecular weight excluding hydrogens is 315 g/mol. The van der Waals surface area contributed by atoms with Gasteiger partial charge in [0.05, 0.1) is 18.4 Å². The van der Waals surface area contributed by atoms with Crippen molar-refractivity contribution in [1.82, 2.24) is 4.90 Å². The van der Waals surface area contributed by atoms with E-state index in [2.05, 4.69) is 0 Å². The van der Waals surface area contributed by atoms with Crippen LogP contribution in [-0.4, -0.2) is 34.9 Å². The Hall–Kier alpha value is -1.30. The molecule has 1 fully saturated rings. The quantitative estimate of drug-likeness (QED) is 0.882. The molecule has 2 amide bonds. The number of hydrogen-bond donors (Lipinski definition) is 2. The molecule has 1 heterocycles. The van der Waals surface area contributed by atoms with Crippen LogP contribution in [0.2, 0.25) is 10.0 Å². The van der Waals surface area contributed by atoms with Crippen LogP contribution < -0.4 is 5.73 Å². The minimum Gasteiger partial charge on any atom is -0.388 e. The Morgan fingerprint density at radius 2 is 1.95 bits per heavy atom. The number of carbonyl (C=O) groups excluding carboxylic acids is 2. The van der Waals surface area contributed by atoms with Crippen LogP contribution in [0.5, 0.6) is 0 Å². The van der Waals surface area contributed by atoms with Crippen molar-refractivity contribution in [2.75, 3.05) is 13.1 Å². The first kappa shape index (κ1) is 16.1. The zero-order valence-electron chi connectivity index (χ0n) is 11.3. The highest BCUT2D eigenvalue weighted by Crippen LogP contribution is 2.26. The number of nitrogens with two attached hydrogens (primary N) is 1. The smallest absolute Gasteiger partial charge is 0.225 e. The molecule has 2 unspecified atom stereocenters. The molecule has 2 atom stereocenters. The van der Waals surface area contributed by atoms with E-state index in [4.69, 9.17) is 28.9 Å². The minimum absolute atomic E-state index is 0.0812. The van der Waals surface area contributed by atoms with Gasteiger partial charge in [-0.25, -0.2) is 0 Å². The van der Waals surface area contributed by atoms with Gasteiger partial charge < -0.3 is 15.7 Å².